The van der Waals surface area contributed by atoms with Crippen LogP contribution in [0.2, 0.25) is 0 Å². The summed E-state index contributed by atoms with van der Waals surface area (Å²) < 4.78 is 40.7. The van der Waals surface area contributed by atoms with E-state index in [4.69, 9.17) is 9.29 Å². The van der Waals surface area contributed by atoms with Gasteiger partial charge in [-0.25, -0.2) is 4.99 Å². The minimum atomic E-state index is -4.88. The van der Waals surface area contributed by atoms with Crippen LogP contribution >= 0.6 is 11.8 Å². The zero-order valence-corrected chi connectivity index (χ0v) is 15.7. The zero-order chi connectivity index (χ0) is 20.0. The molecule has 1 aliphatic rings. The molecule has 12 heteroatoms. The molecule has 0 radical (unpaired) electrons. The Kier molecular flexibility index (Phi) is 8.00. The first-order valence-electron chi connectivity index (χ1n) is 7.93. The second kappa shape index (κ2) is 9.80. The van der Waals surface area contributed by atoms with Gasteiger partial charge in [-0.3, -0.25) is 4.55 Å². The fourth-order valence-corrected chi connectivity index (χ4v) is 3.87. The van der Waals surface area contributed by atoms with E-state index in [1.165, 1.54) is 0 Å². The number of nitrogens with zero attached hydrogens (tertiary/aromatic N) is 1. The van der Waals surface area contributed by atoms with E-state index in [0.29, 0.717) is 18.2 Å². The van der Waals surface area contributed by atoms with Crippen molar-refractivity contribution in [3.05, 3.63) is 35.9 Å². The lowest BCUT2D eigenvalue weighted by Gasteiger charge is -2.39. The molecule has 10 nitrogen and oxygen atoms in total. The number of aliphatic hydroxyl groups is 4. The van der Waals surface area contributed by atoms with E-state index < -0.39 is 52.1 Å². The second-order valence-corrected chi connectivity index (χ2v) is 7.78. The summed E-state index contributed by atoms with van der Waals surface area (Å²) in [7, 11) is -4.88. The summed E-state index contributed by atoms with van der Waals surface area (Å²) in [5, 5.41) is 38.2. The van der Waals surface area contributed by atoms with Crippen LogP contribution in [0.15, 0.2) is 35.3 Å². The number of aliphatic imine (C=N–C) groups is 1. The third kappa shape index (κ3) is 6.69. The van der Waals surface area contributed by atoms with Gasteiger partial charge in [0.2, 0.25) is 0 Å². The average molecular weight is 423 g/mol. The maximum Gasteiger partial charge on any atom is 0.448 e. The van der Waals surface area contributed by atoms with E-state index in [-0.39, 0.29) is 6.54 Å². The molecule has 0 aromatic heterocycles. The molecule has 0 bridgehead atoms. The zero-order valence-electron chi connectivity index (χ0n) is 14.0. The number of thioether (sulfide) groups is 1. The first-order valence-corrected chi connectivity index (χ1v) is 10.2. The second-order valence-electron chi connectivity index (χ2n) is 5.71. The van der Waals surface area contributed by atoms with Crippen molar-refractivity contribution in [2.45, 2.75) is 36.3 Å². The Hall–Kier alpha value is -1.25. The molecule has 1 aromatic rings. The van der Waals surface area contributed by atoms with Gasteiger partial charge in [-0.15, -0.1) is 0 Å². The lowest BCUT2D eigenvalue weighted by molar-refractivity contribution is -0.205. The number of aliphatic hydroxyl groups excluding tert-OH is 4. The van der Waals surface area contributed by atoms with Gasteiger partial charge in [-0.1, -0.05) is 30.3 Å². The van der Waals surface area contributed by atoms with E-state index in [9.17, 15) is 28.8 Å². The Labute approximate surface area is 160 Å². The van der Waals surface area contributed by atoms with E-state index in [1.807, 2.05) is 30.3 Å². The van der Waals surface area contributed by atoms with E-state index in [1.54, 1.807) is 0 Å². The molecular formula is C15H21NO9S2. The molecule has 1 heterocycles. The lowest BCUT2D eigenvalue weighted by Crippen LogP contribution is -2.57. The largest absolute Gasteiger partial charge is 0.448 e. The molecule has 0 unspecified atom stereocenters. The van der Waals surface area contributed by atoms with Crippen LogP contribution in [-0.2, 0) is 25.7 Å². The van der Waals surface area contributed by atoms with Gasteiger partial charge in [0.15, 0.2) is 0 Å². The van der Waals surface area contributed by atoms with Crippen LogP contribution in [0.3, 0.4) is 0 Å². The fraction of sp³-hybridized carbons (Fsp3) is 0.533. The molecule has 0 spiro atoms. The van der Waals surface area contributed by atoms with Gasteiger partial charge in [-0.05, 0) is 23.7 Å². The van der Waals surface area contributed by atoms with E-state index >= 15 is 0 Å². The number of rotatable bonds is 6. The lowest BCUT2D eigenvalue weighted by atomic mass is 10.0. The maximum atomic E-state index is 11.0. The normalized spacial score (nSPS) is 29.5. The summed E-state index contributed by atoms with van der Waals surface area (Å²) in [4.78, 5) is 3.95. The number of hydrogen-bond donors (Lipinski definition) is 5. The molecule has 1 aromatic carbocycles. The maximum absolute atomic E-state index is 11.0. The highest BCUT2D eigenvalue weighted by molar-refractivity contribution is 8.14. The third-order valence-corrected chi connectivity index (χ3v) is 5.24. The molecule has 0 amide bonds. The van der Waals surface area contributed by atoms with Crippen LogP contribution in [0.25, 0.3) is 0 Å². The summed E-state index contributed by atoms with van der Waals surface area (Å²) >= 11 is 0.495. The number of benzene rings is 1. The van der Waals surface area contributed by atoms with Crippen LogP contribution in [0.4, 0.5) is 0 Å². The highest BCUT2D eigenvalue weighted by atomic mass is 32.3. The summed E-state index contributed by atoms with van der Waals surface area (Å²) in [6.07, 6.45) is -5.52. The molecular weight excluding hydrogens is 402 g/mol. The van der Waals surface area contributed by atoms with Crippen molar-refractivity contribution in [1.29, 1.82) is 0 Å². The smallest absolute Gasteiger partial charge is 0.394 e. The molecule has 1 aliphatic heterocycles. The summed E-state index contributed by atoms with van der Waals surface area (Å²) in [5.74, 6) is 0. The third-order valence-electron chi connectivity index (χ3n) is 3.73. The monoisotopic (exact) mass is 423 g/mol. The van der Waals surface area contributed by atoms with Gasteiger partial charge in [0.1, 0.15) is 29.9 Å². The molecule has 0 aliphatic carbocycles. The van der Waals surface area contributed by atoms with Crippen LogP contribution in [-0.4, -0.2) is 81.6 Å². The van der Waals surface area contributed by atoms with Gasteiger partial charge in [0.05, 0.1) is 6.61 Å². The number of ether oxygens (including phenoxy) is 1. The van der Waals surface area contributed by atoms with Crippen LogP contribution in [0.5, 0.6) is 0 Å². The van der Waals surface area contributed by atoms with Crippen LogP contribution in [0.1, 0.15) is 5.56 Å². The predicted molar refractivity (Wildman–Crippen MR) is 96.4 cm³/mol. The van der Waals surface area contributed by atoms with Crippen LogP contribution in [0, 0.1) is 0 Å². The molecule has 5 atom stereocenters. The minimum Gasteiger partial charge on any atom is -0.394 e. The Bertz CT molecular complexity index is 726. The standard InChI is InChI=1S/C15H21NO9S2/c17-8-10-11(18)12(19)13(20)14(24-10)26-15(25-27(21,22)23)16-7-6-9-4-2-1-3-5-9/h1-5,10-14,17-20H,6-8H2,(H,21,22,23)/t10-,11-,12+,13-,14+/m1/s1. The Morgan fingerprint density at radius 2 is 1.81 bits per heavy atom. The quantitative estimate of drug-likeness (QED) is 0.216. The summed E-state index contributed by atoms with van der Waals surface area (Å²) in [6.45, 7) is -0.527. The van der Waals surface area contributed by atoms with E-state index in [2.05, 4.69) is 9.18 Å². The molecule has 27 heavy (non-hydrogen) atoms. The van der Waals surface area contributed by atoms with Crippen molar-refractivity contribution in [2.75, 3.05) is 13.2 Å². The Balaban J connectivity index is 2.10. The van der Waals surface area contributed by atoms with Crippen molar-refractivity contribution in [3.8, 4) is 0 Å². The van der Waals surface area contributed by atoms with E-state index in [0.717, 1.165) is 5.56 Å². The Morgan fingerprint density at radius 3 is 2.41 bits per heavy atom. The van der Waals surface area contributed by atoms with Gasteiger partial charge in [-0.2, -0.15) is 8.42 Å². The first kappa shape index (κ1) is 22.0. The van der Waals surface area contributed by atoms with Crippen LogP contribution < -0.4 is 0 Å². The van der Waals surface area contributed by atoms with Gasteiger partial charge < -0.3 is 29.3 Å². The van der Waals surface area contributed by atoms with Crippen molar-refractivity contribution in [3.63, 3.8) is 0 Å². The summed E-state index contributed by atoms with van der Waals surface area (Å²) in [5.41, 5.74) is -0.358. The molecule has 152 valence electrons. The van der Waals surface area contributed by atoms with Crippen molar-refractivity contribution >= 4 is 27.4 Å². The van der Waals surface area contributed by atoms with Crippen molar-refractivity contribution in [2.24, 2.45) is 4.99 Å². The fourth-order valence-electron chi connectivity index (χ4n) is 2.36. The molecule has 1 fully saturated rings. The molecule has 2 rings (SSSR count). The predicted octanol–water partition coefficient (Wildman–Crippen LogP) is -1.06. The molecule has 1 saturated heterocycles. The van der Waals surface area contributed by atoms with Gasteiger partial charge >= 0.3 is 10.4 Å². The van der Waals surface area contributed by atoms with Gasteiger partial charge in [0.25, 0.3) is 5.23 Å². The number of hydrogen-bond acceptors (Lipinski definition) is 10. The first-order chi connectivity index (χ1) is 12.7. The topological polar surface area (TPSA) is 166 Å². The Morgan fingerprint density at radius 1 is 1.15 bits per heavy atom. The average Bonchev–Trinajstić information content (AvgIpc) is 2.61. The van der Waals surface area contributed by atoms with Crippen molar-refractivity contribution < 1.29 is 42.3 Å². The minimum absolute atomic E-state index is 0.110. The molecule has 5 N–H and O–H groups in total. The highest BCUT2D eigenvalue weighted by Crippen LogP contribution is 2.30. The summed E-state index contributed by atoms with van der Waals surface area (Å²) in [6, 6.07) is 9.20. The highest BCUT2D eigenvalue weighted by Gasteiger charge is 2.44. The molecule has 0 saturated carbocycles. The SMILES string of the molecule is O=S(=O)(O)OC(=NCCc1ccccc1)S[C@@H]1O[C@H](CO)[C@@H](O)[C@H](O)[C@H]1O. The van der Waals surface area contributed by atoms with Gasteiger partial charge in [0, 0.05) is 6.54 Å². The van der Waals surface area contributed by atoms with Crippen molar-refractivity contribution in [1.82, 2.24) is 0 Å².